The van der Waals surface area contributed by atoms with E-state index in [9.17, 15) is 0 Å². The molecule has 0 bridgehead atoms. The second kappa shape index (κ2) is 7.84. The van der Waals surface area contributed by atoms with Crippen molar-refractivity contribution in [3.05, 3.63) is 65.2 Å². The van der Waals surface area contributed by atoms with E-state index in [1.54, 1.807) is 7.11 Å². The maximum absolute atomic E-state index is 5.37. The van der Waals surface area contributed by atoms with Crippen LogP contribution >= 0.6 is 0 Å². The molecule has 0 aliphatic carbocycles. The quantitative estimate of drug-likeness (QED) is 0.816. The van der Waals surface area contributed by atoms with Gasteiger partial charge in [-0.15, -0.1) is 0 Å². The lowest BCUT2D eigenvalue weighted by Gasteiger charge is -2.22. The molecular weight excluding hydrogens is 258 g/mol. The van der Waals surface area contributed by atoms with Crippen LogP contribution < -0.4 is 10.1 Å². The van der Waals surface area contributed by atoms with E-state index >= 15 is 0 Å². The van der Waals surface area contributed by atoms with Crippen LogP contribution in [0.15, 0.2) is 48.5 Å². The summed E-state index contributed by atoms with van der Waals surface area (Å²) in [6.07, 6.45) is 2.17. The molecule has 0 radical (unpaired) electrons. The van der Waals surface area contributed by atoms with Crippen LogP contribution in [0, 0.1) is 0 Å². The summed E-state index contributed by atoms with van der Waals surface area (Å²) in [5.41, 5.74) is 4.01. The monoisotopic (exact) mass is 283 g/mol. The van der Waals surface area contributed by atoms with E-state index in [4.69, 9.17) is 4.74 Å². The second-order valence-corrected chi connectivity index (χ2v) is 5.22. The van der Waals surface area contributed by atoms with Crippen molar-refractivity contribution >= 4 is 0 Å². The predicted molar refractivity (Wildman–Crippen MR) is 89.0 cm³/mol. The third-order valence-electron chi connectivity index (χ3n) is 3.77. The van der Waals surface area contributed by atoms with Crippen LogP contribution in [0.3, 0.4) is 0 Å². The van der Waals surface area contributed by atoms with Gasteiger partial charge in [0.2, 0.25) is 0 Å². The van der Waals surface area contributed by atoms with E-state index < -0.39 is 0 Å². The Morgan fingerprint density at radius 3 is 2.57 bits per heavy atom. The molecule has 0 aliphatic rings. The fourth-order valence-electron chi connectivity index (χ4n) is 2.65. The Morgan fingerprint density at radius 2 is 1.86 bits per heavy atom. The lowest BCUT2D eigenvalue weighted by Crippen LogP contribution is -2.24. The van der Waals surface area contributed by atoms with Crippen molar-refractivity contribution in [2.24, 2.45) is 0 Å². The third kappa shape index (κ3) is 3.85. The summed E-state index contributed by atoms with van der Waals surface area (Å²) in [6, 6.07) is 17.2. The molecule has 0 amide bonds. The van der Waals surface area contributed by atoms with Gasteiger partial charge >= 0.3 is 0 Å². The molecule has 0 heterocycles. The van der Waals surface area contributed by atoms with Gasteiger partial charge in [0.1, 0.15) is 5.75 Å². The molecule has 0 saturated carbocycles. The normalized spacial score (nSPS) is 12.1. The highest BCUT2D eigenvalue weighted by Gasteiger charge is 2.16. The van der Waals surface area contributed by atoms with E-state index in [2.05, 4.69) is 61.6 Å². The highest BCUT2D eigenvalue weighted by Crippen LogP contribution is 2.28. The molecule has 2 aromatic carbocycles. The molecule has 2 heteroatoms. The van der Waals surface area contributed by atoms with Gasteiger partial charge < -0.3 is 10.1 Å². The standard InChI is InChI=1S/C19H25NO/c1-4-13-20-19(16-10-8-11-17(14-16)21-3)18-12-7-6-9-15(18)5-2/h6-12,14,19-20H,4-5,13H2,1-3H3. The summed E-state index contributed by atoms with van der Waals surface area (Å²) in [6.45, 7) is 5.41. The average molecular weight is 283 g/mol. The van der Waals surface area contributed by atoms with Crippen LogP contribution in [-0.4, -0.2) is 13.7 Å². The van der Waals surface area contributed by atoms with Gasteiger partial charge in [-0.3, -0.25) is 0 Å². The first-order valence-corrected chi connectivity index (χ1v) is 7.75. The van der Waals surface area contributed by atoms with Crippen LogP contribution in [0.4, 0.5) is 0 Å². The topological polar surface area (TPSA) is 21.3 Å². The highest BCUT2D eigenvalue weighted by atomic mass is 16.5. The molecule has 1 N–H and O–H groups in total. The van der Waals surface area contributed by atoms with Gasteiger partial charge in [0.05, 0.1) is 13.2 Å². The summed E-state index contributed by atoms with van der Waals surface area (Å²) >= 11 is 0. The molecule has 2 nitrogen and oxygen atoms in total. The zero-order valence-electron chi connectivity index (χ0n) is 13.2. The van der Waals surface area contributed by atoms with Crippen molar-refractivity contribution in [1.29, 1.82) is 0 Å². The first kappa shape index (κ1) is 15.6. The number of ether oxygens (including phenoxy) is 1. The molecule has 2 rings (SSSR count). The molecule has 1 unspecified atom stereocenters. The van der Waals surface area contributed by atoms with Gasteiger partial charge in [0, 0.05) is 0 Å². The maximum Gasteiger partial charge on any atom is 0.119 e. The lowest BCUT2D eigenvalue weighted by molar-refractivity contribution is 0.413. The van der Waals surface area contributed by atoms with E-state index in [1.807, 2.05) is 6.07 Å². The van der Waals surface area contributed by atoms with Crippen LogP contribution in [0.1, 0.15) is 43.0 Å². The molecule has 0 fully saturated rings. The van der Waals surface area contributed by atoms with Crippen LogP contribution in [0.25, 0.3) is 0 Å². The Balaban J connectivity index is 2.41. The zero-order chi connectivity index (χ0) is 15.1. The number of benzene rings is 2. The fraction of sp³-hybridized carbons (Fsp3) is 0.368. The van der Waals surface area contributed by atoms with Crippen LogP contribution in [0.2, 0.25) is 0 Å². The Labute approximate surface area is 128 Å². The SMILES string of the molecule is CCCNC(c1cccc(OC)c1)c1ccccc1CC. The van der Waals surface area contributed by atoms with Gasteiger partial charge in [-0.25, -0.2) is 0 Å². The first-order chi connectivity index (χ1) is 10.3. The summed E-state index contributed by atoms with van der Waals surface area (Å²) in [5, 5.41) is 3.67. The lowest BCUT2D eigenvalue weighted by atomic mass is 9.93. The first-order valence-electron chi connectivity index (χ1n) is 7.75. The van der Waals surface area contributed by atoms with Crippen LogP contribution in [-0.2, 0) is 6.42 Å². The van der Waals surface area contributed by atoms with Crippen molar-refractivity contribution in [2.75, 3.05) is 13.7 Å². The van der Waals surface area contributed by atoms with Crippen molar-refractivity contribution in [1.82, 2.24) is 5.32 Å². The largest absolute Gasteiger partial charge is 0.497 e. The number of methoxy groups -OCH3 is 1. The zero-order valence-corrected chi connectivity index (χ0v) is 13.2. The van der Waals surface area contributed by atoms with Crippen molar-refractivity contribution < 1.29 is 4.74 Å². The molecule has 1 atom stereocenters. The summed E-state index contributed by atoms with van der Waals surface area (Å²) < 4.78 is 5.37. The maximum atomic E-state index is 5.37. The van der Waals surface area contributed by atoms with Gasteiger partial charge in [-0.1, -0.05) is 50.2 Å². The van der Waals surface area contributed by atoms with E-state index in [-0.39, 0.29) is 6.04 Å². The number of hydrogen-bond acceptors (Lipinski definition) is 2. The van der Waals surface area contributed by atoms with Gasteiger partial charge in [-0.2, -0.15) is 0 Å². The molecule has 2 aromatic rings. The molecule has 0 aromatic heterocycles. The minimum absolute atomic E-state index is 0.219. The van der Waals surface area contributed by atoms with E-state index in [1.165, 1.54) is 16.7 Å². The smallest absolute Gasteiger partial charge is 0.119 e. The molecule has 21 heavy (non-hydrogen) atoms. The van der Waals surface area contributed by atoms with Crippen molar-refractivity contribution in [2.45, 2.75) is 32.7 Å². The Hall–Kier alpha value is -1.80. The average Bonchev–Trinajstić information content (AvgIpc) is 2.56. The number of aryl methyl sites for hydroxylation is 1. The highest BCUT2D eigenvalue weighted by molar-refractivity contribution is 5.40. The Bertz CT molecular complexity index is 565. The Morgan fingerprint density at radius 1 is 1.05 bits per heavy atom. The molecule has 0 spiro atoms. The number of hydrogen-bond donors (Lipinski definition) is 1. The van der Waals surface area contributed by atoms with E-state index in [0.717, 1.165) is 25.1 Å². The molecular formula is C19H25NO. The number of nitrogens with one attached hydrogen (secondary N) is 1. The van der Waals surface area contributed by atoms with E-state index in [0.29, 0.717) is 0 Å². The molecule has 0 aliphatic heterocycles. The fourth-order valence-corrected chi connectivity index (χ4v) is 2.65. The number of rotatable bonds is 7. The summed E-state index contributed by atoms with van der Waals surface area (Å²) in [7, 11) is 1.72. The van der Waals surface area contributed by atoms with Crippen molar-refractivity contribution in [3.8, 4) is 5.75 Å². The van der Waals surface area contributed by atoms with Crippen molar-refractivity contribution in [3.63, 3.8) is 0 Å². The second-order valence-electron chi connectivity index (χ2n) is 5.22. The summed E-state index contributed by atoms with van der Waals surface area (Å²) in [4.78, 5) is 0. The molecule has 0 saturated heterocycles. The van der Waals surface area contributed by atoms with Gasteiger partial charge in [-0.05, 0) is 48.2 Å². The molecule has 112 valence electrons. The Kier molecular flexibility index (Phi) is 5.82. The van der Waals surface area contributed by atoms with Gasteiger partial charge in [0.15, 0.2) is 0 Å². The van der Waals surface area contributed by atoms with Gasteiger partial charge in [0.25, 0.3) is 0 Å². The minimum atomic E-state index is 0.219. The van der Waals surface area contributed by atoms with Crippen LogP contribution in [0.5, 0.6) is 5.75 Å². The minimum Gasteiger partial charge on any atom is -0.497 e. The predicted octanol–water partition coefficient (Wildman–Crippen LogP) is 4.35. The summed E-state index contributed by atoms with van der Waals surface area (Å²) in [5.74, 6) is 0.907. The third-order valence-corrected chi connectivity index (χ3v) is 3.77.